The average molecular weight is 229 g/mol. The molecule has 0 amide bonds. The topological polar surface area (TPSA) is 21.1 Å². The molecule has 1 aromatic heterocycles. The number of hydrogen-bond acceptors (Lipinski definition) is 2. The van der Waals surface area contributed by atoms with Gasteiger partial charge in [-0.05, 0) is 30.6 Å². The summed E-state index contributed by atoms with van der Waals surface area (Å²) in [7, 11) is 0. The lowest BCUT2D eigenvalue weighted by atomic mass is 10.1. The maximum absolute atomic E-state index is 4.23. The van der Waals surface area contributed by atoms with Gasteiger partial charge in [-0.1, -0.05) is 19.1 Å². The van der Waals surface area contributed by atoms with E-state index in [1.54, 1.807) is 0 Å². The van der Waals surface area contributed by atoms with E-state index in [4.69, 9.17) is 0 Å². The van der Waals surface area contributed by atoms with Crippen molar-refractivity contribution in [3.63, 3.8) is 0 Å². The second-order valence-corrected chi connectivity index (χ2v) is 4.43. The van der Waals surface area contributed by atoms with Crippen LogP contribution in [-0.2, 0) is 6.54 Å². The van der Waals surface area contributed by atoms with Crippen LogP contribution in [0.5, 0.6) is 0 Å². The van der Waals surface area contributed by atoms with Crippen LogP contribution in [0.15, 0.2) is 55.2 Å². The lowest BCUT2D eigenvalue weighted by molar-refractivity contribution is 0.373. The summed E-state index contributed by atoms with van der Waals surface area (Å²) in [5.74, 6) is 0.632. The molecule has 0 aliphatic carbocycles. The van der Waals surface area contributed by atoms with Crippen LogP contribution in [0.1, 0.15) is 13.3 Å². The maximum atomic E-state index is 4.23. The van der Waals surface area contributed by atoms with E-state index in [1.165, 1.54) is 0 Å². The molecular weight excluding hydrogens is 210 g/mol. The Morgan fingerprint density at radius 3 is 2.53 bits per heavy atom. The van der Waals surface area contributed by atoms with Crippen LogP contribution in [0.3, 0.4) is 0 Å². The van der Waals surface area contributed by atoms with Gasteiger partial charge < -0.3 is 4.90 Å². The van der Waals surface area contributed by atoms with E-state index in [9.17, 15) is 0 Å². The van der Waals surface area contributed by atoms with Crippen molar-refractivity contribution in [1.29, 1.82) is 0 Å². The van der Waals surface area contributed by atoms with Crippen molar-refractivity contribution in [2.45, 2.75) is 19.9 Å². The quantitative estimate of drug-likeness (QED) is 0.774. The van der Waals surface area contributed by atoms with Gasteiger partial charge in [0.15, 0.2) is 0 Å². The first-order valence-corrected chi connectivity index (χ1v) is 6.09. The number of aromatic nitrogens is 2. The fraction of sp³-hybridized carbons (Fsp3) is 0.357. The van der Waals surface area contributed by atoms with Crippen molar-refractivity contribution >= 4 is 0 Å². The Morgan fingerprint density at radius 2 is 1.88 bits per heavy atom. The van der Waals surface area contributed by atoms with Crippen LogP contribution < -0.4 is 0 Å². The van der Waals surface area contributed by atoms with Crippen LogP contribution in [-0.4, -0.2) is 21.2 Å². The molecule has 0 aromatic carbocycles. The molecule has 2 rings (SSSR count). The molecule has 2 heterocycles. The van der Waals surface area contributed by atoms with E-state index in [1.807, 2.05) is 35.3 Å². The van der Waals surface area contributed by atoms with E-state index in [2.05, 4.69) is 41.5 Å². The molecule has 1 atom stereocenters. The summed E-state index contributed by atoms with van der Waals surface area (Å²) in [6.45, 7) is 4.31. The lowest BCUT2D eigenvalue weighted by Crippen LogP contribution is -2.16. The van der Waals surface area contributed by atoms with E-state index >= 15 is 0 Å². The van der Waals surface area contributed by atoms with Crippen LogP contribution in [0, 0.1) is 5.92 Å². The van der Waals surface area contributed by atoms with Crippen LogP contribution >= 0.6 is 0 Å². The molecule has 3 nitrogen and oxygen atoms in total. The third kappa shape index (κ3) is 3.94. The average Bonchev–Trinajstić information content (AvgIpc) is 2.68. The highest BCUT2D eigenvalue weighted by atomic mass is 15.3. The van der Waals surface area contributed by atoms with Gasteiger partial charge in [0, 0.05) is 37.9 Å². The Balaban J connectivity index is 1.74. The van der Waals surface area contributed by atoms with Crippen LogP contribution in [0.2, 0.25) is 0 Å². The second-order valence-electron chi connectivity index (χ2n) is 4.43. The minimum absolute atomic E-state index is 0.632. The largest absolute Gasteiger partial charge is 0.354 e. The Hall–Kier alpha value is -1.77. The van der Waals surface area contributed by atoms with Gasteiger partial charge in [-0.2, -0.15) is 5.10 Å². The van der Waals surface area contributed by atoms with Crippen molar-refractivity contribution in [1.82, 2.24) is 14.7 Å². The zero-order valence-corrected chi connectivity index (χ0v) is 10.2. The number of allylic oxidation sites excluding steroid dienone is 4. The third-order valence-corrected chi connectivity index (χ3v) is 2.83. The Labute approximate surface area is 103 Å². The van der Waals surface area contributed by atoms with Crippen LogP contribution in [0.25, 0.3) is 0 Å². The molecule has 90 valence electrons. The van der Waals surface area contributed by atoms with E-state index in [0.29, 0.717) is 5.92 Å². The first-order chi connectivity index (χ1) is 8.34. The minimum atomic E-state index is 0.632. The summed E-state index contributed by atoms with van der Waals surface area (Å²) in [5, 5.41) is 4.23. The van der Waals surface area contributed by atoms with Gasteiger partial charge in [0.05, 0.1) is 0 Å². The molecule has 1 aliphatic heterocycles. The van der Waals surface area contributed by atoms with Gasteiger partial charge in [0.2, 0.25) is 0 Å². The molecule has 1 aliphatic rings. The number of nitrogens with zero attached hydrogens (tertiary/aromatic N) is 3. The molecule has 0 radical (unpaired) electrons. The Bertz CT molecular complexity index is 385. The molecule has 0 spiro atoms. The van der Waals surface area contributed by atoms with Crippen molar-refractivity contribution in [2.75, 3.05) is 6.54 Å². The Morgan fingerprint density at radius 1 is 1.12 bits per heavy atom. The molecular formula is C14H19N3. The van der Waals surface area contributed by atoms with Crippen LogP contribution in [0.4, 0.5) is 0 Å². The smallest absolute Gasteiger partial charge is 0.0489 e. The van der Waals surface area contributed by atoms with Crippen molar-refractivity contribution in [3.8, 4) is 0 Å². The molecule has 1 unspecified atom stereocenters. The molecule has 0 bridgehead atoms. The van der Waals surface area contributed by atoms with Gasteiger partial charge in [0.25, 0.3) is 0 Å². The second kappa shape index (κ2) is 6.09. The first kappa shape index (κ1) is 11.7. The highest BCUT2D eigenvalue weighted by Crippen LogP contribution is 2.08. The van der Waals surface area contributed by atoms with Crippen molar-refractivity contribution in [3.05, 3.63) is 55.2 Å². The Kier molecular flexibility index (Phi) is 4.19. The number of rotatable bonds is 5. The first-order valence-electron chi connectivity index (χ1n) is 6.09. The molecule has 0 saturated heterocycles. The number of hydrogen-bond donors (Lipinski definition) is 0. The minimum Gasteiger partial charge on any atom is -0.354 e. The van der Waals surface area contributed by atoms with Gasteiger partial charge in [-0.3, -0.25) is 4.68 Å². The van der Waals surface area contributed by atoms with Crippen molar-refractivity contribution in [2.24, 2.45) is 5.92 Å². The van der Waals surface area contributed by atoms with Gasteiger partial charge in [-0.15, -0.1) is 0 Å². The summed E-state index contributed by atoms with van der Waals surface area (Å²) in [4.78, 5) is 2.22. The van der Waals surface area contributed by atoms with Gasteiger partial charge in [-0.25, -0.2) is 0 Å². The highest BCUT2D eigenvalue weighted by molar-refractivity contribution is 5.15. The molecule has 0 fully saturated rings. The zero-order chi connectivity index (χ0) is 11.9. The predicted molar refractivity (Wildman–Crippen MR) is 70.1 cm³/mol. The predicted octanol–water partition coefficient (Wildman–Crippen LogP) is 2.81. The summed E-state index contributed by atoms with van der Waals surface area (Å²) in [5.41, 5.74) is 0. The molecule has 3 heteroatoms. The van der Waals surface area contributed by atoms with E-state index < -0.39 is 0 Å². The third-order valence-electron chi connectivity index (χ3n) is 2.83. The fourth-order valence-electron chi connectivity index (χ4n) is 1.84. The summed E-state index contributed by atoms with van der Waals surface area (Å²) >= 11 is 0. The van der Waals surface area contributed by atoms with E-state index in [0.717, 1.165) is 19.5 Å². The molecule has 0 N–H and O–H groups in total. The normalized spacial score (nSPS) is 16.2. The summed E-state index contributed by atoms with van der Waals surface area (Å²) in [6.07, 6.45) is 17.5. The molecule has 1 aromatic rings. The SMILES string of the molecule is CC(CCN1C=CC=CC=C1)Cn1cccn1. The van der Waals surface area contributed by atoms with Gasteiger partial charge >= 0.3 is 0 Å². The van der Waals surface area contributed by atoms with Gasteiger partial charge in [0.1, 0.15) is 0 Å². The summed E-state index contributed by atoms with van der Waals surface area (Å²) in [6, 6.07) is 1.97. The lowest BCUT2D eigenvalue weighted by Gasteiger charge is -2.18. The van der Waals surface area contributed by atoms with E-state index in [-0.39, 0.29) is 0 Å². The fourth-order valence-corrected chi connectivity index (χ4v) is 1.84. The molecule has 0 saturated carbocycles. The monoisotopic (exact) mass is 229 g/mol. The maximum Gasteiger partial charge on any atom is 0.0489 e. The zero-order valence-electron chi connectivity index (χ0n) is 10.2. The highest BCUT2D eigenvalue weighted by Gasteiger charge is 2.05. The van der Waals surface area contributed by atoms with Crippen molar-refractivity contribution < 1.29 is 0 Å². The summed E-state index contributed by atoms with van der Waals surface area (Å²) < 4.78 is 2.00. The molecule has 17 heavy (non-hydrogen) atoms. The standard InChI is InChI=1S/C14H19N3/c1-14(13-17-11-6-8-15-17)7-12-16-9-4-2-3-5-10-16/h2-6,8-11,14H,7,12-13H2,1H3.